The van der Waals surface area contributed by atoms with Crippen molar-refractivity contribution in [3.8, 4) is 0 Å². The molecule has 0 bridgehead atoms. The average molecular weight is 237 g/mol. The third-order valence-electron chi connectivity index (χ3n) is 3.01. The van der Waals surface area contributed by atoms with Gasteiger partial charge in [-0.25, -0.2) is 4.79 Å². The first kappa shape index (κ1) is 11.7. The van der Waals surface area contributed by atoms with E-state index in [4.69, 9.17) is 9.52 Å². The minimum atomic E-state index is -1.07. The van der Waals surface area contributed by atoms with E-state index in [0.29, 0.717) is 18.1 Å². The molecule has 2 unspecified atom stereocenters. The van der Waals surface area contributed by atoms with E-state index in [2.05, 4.69) is 5.32 Å². The molecule has 0 radical (unpaired) electrons. The summed E-state index contributed by atoms with van der Waals surface area (Å²) >= 11 is 0. The Balaban J connectivity index is 2.15. The van der Waals surface area contributed by atoms with Crippen LogP contribution in [0.5, 0.6) is 0 Å². The number of aryl methyl sites for hydroxylation is 1. The summed E-state index contributed by atoms with van der Waals surface area (Å²) in [6, 6.07) is 1.50. The van der Waals surface area contributed by atoms with Crippen molar-refractivity contribution in [2.24, 2.45) is 5.92 Å². The number of aromatic carboxylic acids is 1. The molecule has 2 atom stereocenters. The van der Waals surface area contributed by atoms with Crippen LogP contribution in [0.4, 0.5) is 0 Å². The van der Waals surface area contributed by atoms with Crippen molar-refractivity contribution < 1.29 is 19.1 Å². The molecule has 1 amide bonds. The fourth-order valence-electron chi connectivity index (χ4n) is 1.75. The van der Waals surface area contributed by atoms with Gasteiger partial charge >= 0.3 is 5.97 Å². The van der Waals surface area contributed by atoms with E-state index in [1.165, 1.54) is 6.07 Å². The summed E-state index contributed by atoms with van der Waals surface area (Å²) in [7, 11) is 0. The number of nitrogens with one attached hydrogen (secondary N) is 1. The Bertz CT molecular complexity index is 463. The average Bonchev–Trinajstić information content (AvgIpc) is 2.83. The van der Waals surface area contributed by atoms with E-state index in [9.17, 15) is 9.59 Å². The molecule has 1 saturated carbocycles. The Morgan fingerprint density at radius 1 is 1.59 bits per heavy atom. The number of rotatable bonds is 4. The lowest BCUT2D eigenvalue weighted by Gasteiger charge is -1.99. The number of carbonyl (C=O) groups is 2. The zero-order valence-electron chi connectivity index (χ0n) is 9.82. The molecule has 0 aliphatic heterocycles. The summed E-state index contributed by atoms with van der Waals surface area (Å²) in [5.74, 6) is -0.477. The number of carbonyl (C=O) groups excluding carboxylic acids is 1. The van der Waals surface area contributed by atoms with Crippen LogP contribution in [0.25, 0.3) is 0 Å². The predicted molar refractivity (Wildman–Crippen MR) is 60.1 cm³/mol. The third-order valence-corrected chi connectivity index (χ3v) is 3.01. The first-order valence-electron chi connectivity index (χ1n) is 5.69. The predicted octanol–water partition coefficient (Wildman–Crippen LogP) is 1.68. The Kier molecular flexibility index (Phi) is 2.92. The summed E-state index contributed by atoms with van der Waals surface area (Å²) in [5.41, 5.74) is 0.0708. The van der Waals surface area contributed by atoms with Crippen molar-refractivity contribution >= 4 is 11.9 Å². The van der Waals surface area contributed by atoms with Crippen LogP contribution in [-0.2, 0) is 6.42 Å². The van der Waals surface area contributed by atoms with Crippen molar-refractivity contribution in [3.05, 3.63) is 23.2 Å². The highest BCUT2D eigenvalue weighted by molar-refractivity contribution is 5.96. The first-order valence-corrected chi connectivity index (χ1v) is 5.69. The molecule has 2 rings (SSSR count). The van der Waals surface area contributed by atoms with E-state index in [1.54, 1.807) is 6.92 Å². The van der Waals surface area contributed by atoms with Crippen LogP contribution in [0, 0.1) is 5.92 Å². The van der Waals surface area contributed by atoms with Gasteiger partial charge in [-0.1, -0.05) is 13.8 Å². The highest BCUT2D eigenvalue weighted by atomic mass is 16.4. The minimum Gasteiger partial charge on any atom is -0.478 e. The topological polar surface area (TPSA) is 79.5 Å². The minimum absolute atomic E-state index is 0.0708. The van der Waals surface area contributed by atoms with Gasteiger partial charge in [-0.3, -0.25) is 4.79 Å². The number of hydrogen-bond donors (Lipinski definition) is 2. The first-order chi connectivity index (χ1) is 8.02. The second-order valence-electron chi connectivity index (χ2n) is 4.40. The molecule has 1 aliphatic carbocycles. The number of carboxylic acid groups (broad SMARTS) is 1. The molecule has 1 aromatic rings. The second kappa shape index (κ2) is 4.24. The Labute approximate surface area is 98.8 Å². The van der Waals surface area contributed by atoms with E-state index in [1.807, 2.05) is 6.92 Å². The molecule has 17 heavy (non-hydrogen) atoms. The van der Waals surface area contributed by atoms with Crippen LogP contribution in [0.15, 0.2) is 10.5 Å². The van der Waals surface area contributed by atoms with Crippen LogP contribution < -0.4 is 5.32 Å². The fourth-order valence-corrected chi connectivity index (χ4v) is 1.75. The van der Waals surface area contributed by atoms with Gasteiger partial charge < -0.3 is 14.8 Å². The molecule has 5 heteroatoms. The lowest BCUT2D eigenvalue weighted by molar-refractivity contribution is 0.0694. The fraction of sp³-hybridized carbons (Fsp3) is 0.500. The normalized spacial score (nSPS) is 22.2. The highest BCUT2D eigenvalue weighted by Crippen LogP contribution is 2.29. The molecule has 1 aromatic heterocycles. The van der Waals surface area contributed by atoms with Gasteiger partial charge in [0.25, 0.3) is 5.91 Å². The summed E-state index contributed by atoms with van der Waals surface area (Å²) in [5, 5.41) is 11.7. The molecule has 0 spiro atoms. The molecule has 2 N–H and O–H groups in total. The standard InChI is InChI=1S/C12H15NO4/c1-3-9-7(12(15)16)5-10(17-9)11(14)13-8-4-6(8)2/h5-6,8H,3-4H2,1-2H3,(H,13,14)(H,15,16). The van der Waals surface area contributed by atoms with Crippen LogP contribution in [0.2, 0.25) is 0 Å². The van der Waals surface area contributed by atoms with Crippen molar-refractivity contribution in [1.82, 2.24) is 5.32 Å². The van der Waals surface area contributed by atoms with Gasteiger partial charge in [-0.2, -0.15) is 0 Å². The lowest BCUT2D eigenvalue weighted by Crippen LogP contribution is -2.26. The van der Waals surface area contributed by atoms with Crippen molar-refractivity contribution in [1.29, 1.82) is 0 Å². The Hall–Kier alpha value is -1.78. The monoisotopic (exact) mass is 237 g/mol. The van der Waals surface area contributed by atoms with Gasteiger partial charge in [-0.05, 0) is 12.3 Å². The molecule has 1 aliphatic rings. The smallest absolute Gasteiger partial charge is 0.339 e. The maximum absolute atomic E-state index is 11.7. The molecular weight excluding hydrogens is 222 g/mol. The summed E-state index contributed by atoms with van der Waals surface area (Å²) in [4.78, 5) is 22.7. The number of amides is 1. The van der Waals surface area contributed by atoms with Crippen molar-refractivity contribution in [2.45, 2.75) is 32.7 Å². The zero-order valence-corrected chi connectivity index (χ0v) is 9.82. The van der Waals surface area contributed by atoms with E-state index in [-0.39, 0.29) is 23.3 Å². The van der Waals surface area contributed by atoms with Gasteiger partial charge in [0.1, 0.15) is 11.3 Å². The van der Waals surface area contributed by atoms with Gasteiger partial charge in [0, 0.05) is 18.5 Å². The van der Waals surface area contributed by atoms with Crippen molar-refractivity contribution in [2.75, 3.05) is 0 Å². The maximum Gasteiger partial charge on any atom is 0.339 e. The molecule has 1 fully saturated rings. The Morgan fingerprint density at radius 3 is 2.65 bits per heavy atom. The lowest BCUT2D eigenvalue weighted by atomic mass is 10.2. The summed E-state index contributed by atoms with van der Waals surface area (Å²) in [6.45, 7) is 3.84. The van der Waals surface area contributed by atoms with Gasteiger partial charge in [0.15, 0.2) is 5.76 Å². The van der Waals surface area contributed by atoms with Crippen LogP contribution in [-0.4, -0.2) is 23.0 Å². The van der Waals surface area contributed by atoms with E-state index >= 15 is 0 Å². The third kappa shape index (κ3) is 2.33. The molecule has 0 saturated heterocycles. The maximum atomic E-state index is 11.7. The van der Waals surface area contributed by atoms with Crippen LogP contribution >= 0.6 is 0 Å². The van der Waals surface area contributed by atoms with Gasteiger partial charge in [0.2, 0.25) is 0 Å². The van der Waals surface area contributed by atoms with Crippen molar-refractivity contribution in [3.63, 3.8) is 0 Å². The SMILES string of the molecule is CCc1oc(C(=O)NC2CC2C)cc1C(=O)O. The summed E-state index contributed by atoms with van der Waals surface area (Å²) in [6.07, 6.45) is 1.42. The quantitative estimate of drug-likeness (QED) is 0.834. The highest BCUT2D eigenvalue weighted by Gasteiger charge is 2.35. The zero-order chi connectivity index (χ0) is 12.6. The summed E-state index contributed by atoms with van der Waals surface area (Å²) < 4.78 is 5.26. The molecule has 92 valence electrons. The largest absolute Gasteiger partial charge is 0.478 e. The van der Waals surface area contributed by atoms with E-state index < -0.39 is 5.97 Å². The van der Waals surface area contributed by atoms with Gasteiger partial charge in [0.05, 0.1) is 0 Å². The molecule has 5 nitrogen and oxygen atoms in total. The van der Waals surface area contributed by atoms with Crippen LogP contribution in [0.3, 0.4) is 0 Å². The molecule has 0 aromatic carbocycles. The Morgan fingerprint density at radius 2 is 2.24 bits per heavy atom. The molecular formula is C12H15NO4. The number of furan rings is 1. The number of carboxylic acids is 1. The van der Waals surface area contributed by atoms with E-state index in [0.717, 1.165) is 6.42 Å². The molecule has 1 heterocycles. The second-order valence-corrected chi connectivity index (χ2v) is 4.40. The van der Waals surface area contributed by atoms with Crippen LogP contribution in [0.1, 0.15) is 46.9 Å². The number of hydrogen-bond acceptors (Lipinski definition) is 3. The van der Waals surface area contributed by atoms with Gasteiger partial charge in [-0.15, -0.1) is 0 Å².